The monoisotopic (exact) mass is 268 g/mol. The summed E-state index contributed by atoms with van der Waals surface area (Å²) in [7, 11) is 0. The van der Waals surface area contributed by atoms with Crippen LogP contribution in [-0.4, -0.2) is 11.4 Å². The Balaban J connectivity index is 2.12. The lowest BCUT2D eigenvalue weighted by Gasteiger charge is -2.37. The van der Waals surface area contributed by atoms with E-state index in [1.54, 1.807) is 0 Å². The highest BCUT2D eigenvalue weighted by Gasteiger charge is 2.37. The first-order valence-corrected chi connectivity index (χ1v) is 6.45. The summed E-state index contributed by atoms with van der Waals surface area (Å²) >= 11 is 0. The van der Waals surface area contributed by atoms with Gasteiger partial charge in [-0.15, -0.1) is 0 Å². The molecule has 3 nitrogen and oxygen atoms in total. The van der Waals surface area contributed by atoms with Gasteiger partial charge in [-0.1, -0.05) is 12.8 Å². The lowest BCUT2D eigenvalue weighted by atomic mass is 9.74. The van der Waals surface area contributed by atoms with Crippen LogP contribution in [0, 0.1) is 17.6 Å². The van der Waals surface area contributed by atoms with Crippen LogP contribution >= 0.6 is 0 Å². The number of nitrogens with two attached hydrogens (primary N) is 1. The molecule has 1 aliphatic carbocycles. The lowest BCUT2D eigenvalue weighted by Crippen LogP contribution is -2.51. The summed E-state index contributed by atoms with van der Waals surface area (Å²) in [5.41, 5.74) is 5.55. The van der Waals surface area contributed by atoms with Crippen molar-refractivity contribution in [1.29, 1.82) is 0 Å². The number of halogens is 2. The second kappa shape index (κ2) is 5.25. The predicted octanol–water partition coefficient (Wildman–Crippen LogP) is 2.81. The van der Waals surface area contributed by atoms with Crippen LogP contribution in [0.2, 0.25) is 0 Å². The standard InChI is InChI=1S/C14H18F2N2O/c1-14(17)7-3-2-4-10(14)13(19)18-12-6-5-9(15)8-11(12)16/h5-6,8,10H,2-4,7,17H2,1H3,(H,18,19). The summed E-state index contributed by atoms with van der Waals surface area (Å²) in [6.07, 6.45) is 3.41. The van der Waals surface area contributed by atoms with Gasteiger partial charge in [0, 0.05) is 11.6 Å². The molecule has 0 radical (unpaired) electrons. The van der Waals surface area contributed by atoms with E-state index in [0.29, 0.717) is 6.42 Å². The molecule has 0 bridgehead atoms. The van der Waals surface area contributed by atoms with E-state index in [1.807, 2.05) is 6.92 Å². The number of carbonyl (C=O) groups is 1. The van der Waals surface area contributed by atoms with Crippen molar-refractivity contribution in [1.82, 2.24) is 0 Å². The fourth-order valence-electron chi connectivity index (χ4n) is 2.60. The minimum Gasteiger partial charge on any atom is -0.325 e. The zero-order chi connectivity index (χ0) is 14.0. The van der Waals surface area contributed by atoms with Gasteiger partial charge in [-0.3, -0.25) is 4.79 Å². The number of anilines is 1. The van der Waals surface area contributed by atoms with Gasteiger partial charge in [-0.25, -0.2) is 8.78 Å². The van der Waals surface area contributed by atoms with Crippen molar-refractivity contribution in [3.8, 4) is 0 Å². The normalized spacial score (nSPS) is 27.1. The Hall–Kier alpha value is -1.49. The van der Waals surface area contributed by atoms with E-state index in [2.05, 4.69) is 5.32 Å². The minimum absolute atomic E-state index is 0.00669. The summed E-state index contributed by atoms with van der Waals surface area (Å²) in [6, 6.07) is 3.08. The number of hydrogen-bond donors (Lipinski definition) is 2. The van der Waals surface area contributed by atoms with Gasteiger partial charge in [0.25, 0.3) is 0 Å². The van der Waals surface area contributed by atoms with Crippen molar-refractivity contribution in [2.24, 2.45) is 11.7 Å². The third-order valence-electron chi connectivity index (χ3n) is 3.76. The maximum Gasteiger partial charge on any atom is 0.229 e. The first-order chi connectivity index (χ1) is 8.90. The Kier molecular flexibility index (Phi) is 3.85. The van der Waals surface area contributed by atoms with Crippen molar-refractivity contribution in [3.63, 3.8) is 0 Å². The fraction of sp³-hybridized carbons (Fsp3) is 0.500. The Morgan fingerprint density at radius 1 is 1.42 bits per heavy atom. The van der Waals surface area contributed by atoms with Crippen LogP contribution in [-0.2, 0) is 4.79 Å². The first kappa shape index (κ1) is 13.9. The molecule has 1 aromatic rings. The van der Waals surface area contributed by atoms with E-state index in [4.69, 9.17) is 5.73 Å². The highest BCUT2D eigenvalue weighted by atomic mass is 19.1. The van der Waals surface area contributed by atoms with Crippen molar-refractivity contribution in [2.75, 3.05) is 5.32 Å². The summed E-state index contributed by atoms with van der Waals surface area (Å²) in [5.74, 6) is -2.08. The number of hydrogen-bond acceptors (Lipinski definition) is 2. The Labute approximate surface area is 111 Å². The summed E-state index contributed by atoms with van der Waals surface area (Å²) < 4.78 is 26.3. The predicted molar refractivity (Wildman–Crippen MR) is 69.5 cm³/mol. The highest BCUT2D eigenvalue weighted by molar-refractivity contribution is 5.93. The van der Waals surface area contributed by atoms with Crippen LogP contribution < -0.4 is 11.1 Å². The van der Waals surface area contributed by atoms with Gasteiger partial charge in [-0.05, 0) is 31.9 Å². The summed E-state index contributed by atoms with van der Waals surface area (Å²) in [6.45, 7) is 1.84. The summed E-state index contributed by atoms with van der Waals surface area (Å²) in [5, 5.41) is 2.50. The molecule has 19 heavy (non-hydrogen) atoms. The molecule has 0 aliphatic heterocycles. The van der Waals surface area contributed by atoms with Crippen molar-refractivity contribution in [3.05, 3.63) is 29.8 Å². The molecule has 1 saturated carbocycles. The molecule has 104 valence electrons. The van der Waals surface area contributed by atoms with E-state index in [1.165, 1.54) is 6.07 Å². The van der Waals surface area contributed by atoms with Crippen molar-refractivity contribution in [2.45, 2.75) is 38.1 Å². The number of nitrogens with one attached hydrogen (secondary N) is 1. The van der Waals surface area contributed by atoms with Crippen LogP contribution in [0.15, 0.2) is 18.2 Å². The molecule has 2 atom stereocenters. The molecule has 1 fully saturated rings. The van der Waals surface area contributed by atoms with Gasteiger partial charge in [0.1, 0.15) is 11.6 Å². The topological polar surface area (TPSA) is 55.1 Å². The maximum absolute atomic E-state index is 13.5. The second-order valence-electron chi connectivity index (χ2n) is 5.42. The number of benzene rings is 1. The Bertz CT molecular complexity index is 488. The van der Waals surface area contributed by atoms with Crippen LogP contribution in [0.4, 0.5) is 14.5 Å². The molecule has 0 saturated heterocycles. The third-order valence-corrected chi connectivity index (χ3v) is 3.76. The number of rotatable bonds is 2. The molecule has 3 N–H and O–H groups in total. The lowest BCUT2D eigenvalue weighted by molar-refractivity contribution is -0.122. The maximum atomic E-state index is 13.5. The smallest absolute Gasteiger partial charge is 0.229 e. The fourth-order valence-corrected chi connectivity index (χ4v) is 2.60. The zero-order valence-corrected chi connectivity index (χ0v) is 10.9. The Morgan fingerprint density at radius 3 is 2.79 bits per heavy atom. The third kappa shape index (κ3) is 3.10. The zero-order valence-electron chi connectivity index (χ0n) is 10.9. The molecule has 0 heterocycles. The molecule has 2 rings (SSSR count). The van der Waals surface area contributed by atoms with E-state index in [-0.39, 0.29) is 17.5 Å². The van der Waals surface area contributed by atoms with Gasteiger partial charge >= 0.3 is 0 Å². The largest absolute Gasteiger partial charge is 0.325 e. The van der Waals surface area contributed by atoms with Gasteiger partial charge in [0.05, 0.1) is 11.6 Å². The van der Waals surface area contributed by atoms with Crippen molar-refractivity contribution >= 4 is 11.6 Å². The van der Waals surface area contributed by atoms with E-state index in [0.717, 1.165) is 31.4 Å². The molecule has 2 unspecified atom stereocenters. The molecule has 1 aliphatic rings. The molecule has 1 aromatic carbocycles. The number of amides is 1. The molecular formula is C14H18F2N2O. The van der Waals surface area contributed by atoms with Crippen LogP contribution in [0.25, 0.3) is 0 Å². The van der Waals surface area contributed by atoms with E-state index >= 15 is 0 Å². The Morgan fingerprint density at radius 2 is 2.16 bits per heavy atom. The molecule has 0 aromatic heterocycles. The van der Waals surface area contributed by atoms with Crippen LogP contribution in [0.5, 0.6) is 0 Å². The van der Waals surface area contributed by atoms with E-state index < -0.39 is 17.2 Å². The van der Waals surface area contributed by atoms with Crippen LogP contribution in [0.3, 0.4) is 0 Å². The molecule has 5 heteroatoms. The SMILES string of the molecule is CC1(N)CCCCC1C(=O)Nc1ccc(F)cc1F. The van der Waals surface area contributed by atoms with Gasteiger partial charge in [0.2, 0.25) is 5.91 Å². The van der Waals surface area contributed by atoms with Gasteiger partial charge in [0.15, 0.2) is 0 Å². The average molecular weight is 268 g/mol. The average Bonchev–Trinajstić information content (AvgIpc) is 2.32. The summed E-state index contributed by atoms with van der Waals surface area (Å²) in [4.78, 5) is 12.2. The van der Waals surface area contributed by atoms with Gasteiger partial charge < -0.3 is 11.1 Å². The van der Waals surface area contributed by atoms with Crippen molar-refractivity contribution < 1.29 is 13.6 Å². The highest BCUT2D eigenvalue weighted by Crippen LogP contribution is 2.32. The minimum atomic E-state index is -0.775. The van der Waals surface area contributed by atoms with Gasteiger partial charge in [-0.2, -0.15) is 0 Å². The van der Waals surface area contributed by atoms with Crippen LogP contribution in [0.1, 0.15) is 32.6 Å². The van der Waals surface area contributed by atoms with E-state index in [9.17, 15) is 13.6 Å². The second-order valence-corrected chi connectivity index (χ2v) is 5.42. The molecule has 0 spiro atoms. The first-order valence-electron chi connectivity index (χ1n) is 6.45. The molecule has 1 amide bonds. The number of carbonyl (C=O) groups excluding carboxylic acids is 1. The molecular weight excluding hydrogens is 250 g/mol. The quantitative estimate of drug-likeness (QED) is 0.866.